The molecule has 1 rings (SSSR count). The lowest BCUT2D eigenvalue weighted by Crippen LogP contribution is -2.05. The molecule has 0 aromatic heterocycles. The molecule has 0 unspecified atom stereocenters. The Kier molecular flexibility index (Phi) is 3.34. The predicted octanol–water partition coefficient (Wildman–Crippen LogP) is 2.54. The van der Waals surface area contributed by atoms with E-state index in [0.29, 0.717) is 6.29 Å². The second-order valence-corrected chi connectivity index (χ2v) is 3.05. The topological polar surface area (TPSA) is 37.3 Å². The van der Waals surface area contributed by atoms with Crippen molar-refractivity contribution in [1.82, 2.24) is 0 Å². The van der Waals surface area contributed by atoms with E-state index in [4.69, 9.17) is 0 Å². The summed E-state index contributed by atoms with van der Waals surface area (Å²) in [7, 11) is 0. The summed E-state index contributed by atoms with van der Waals surface area (Å²) in [5.41, 5.74) is -0.682. The lowest BCUT2D eigenvalue weighted by atomic mass is 10.1. The SMILES string of the molecule is O=CCCc1cc(C(F)(F)F)ccc1O. The molecule has 1 aromatic rings. The number of phenolic OH excluding ortho intramolecular Hbond substituents is 1. The van der Waals surface area contributed by atoms with Crippen LogP contribution >= 0.6 is 0 Å². The first kappa shape index (κ1) is 11.6. The second-order valence-electron chi connectivity index (χ2n) is 3.05. The molecule has 0 aliphatic rings. The highest BCUT2D eigenvalue weighted by Crippen LogP contribution is 2.32. The number of aromatic hydroxyl groups is 1. The molecule has 0 aliphatic heterocycles. The van der Waals surface area contributed by atoms with Gasteiger partial charge in [-0.1, -0.05) is 0 Å². The fraction of sp³-hybridized carbons (Fsp3) is 0.300. The molecule has 0 spiro atoms. The van der Waals surface area contributed by atoms with Gasteiger partial charge < -0.3 is 9.90 Å². The number of rotatable bonds is 3. The number of carbonyl (C=O) groups excluding carboxylic acids is 1. The fourth-order valence-corrected chi connectivity index (χ4v) is 1.18. The van der Waals surface area contributed by atoms with Gasteiger partial charge in [0.1, 0.15) is 12.0 Å². The van der Waals surface area contributed by atoms with E-state index in [1.165, 1.54) is 0 Å². The first-order chi connectivity index (χ1) is 6.95. The minimum Gasteiger partial charge on any atom is -0.508 e. The van der Waals surface area contributed by atoms with Crippen molar-refractivity contribution in [3.8, 4) is 5.75 Å². The van der Waals surface area contributed by atoms with Crippen molar-refractivity contribution in [3.05, 3.63) is 29.3 Å². The molecule has 0 radical (unpaired) electrons. The number of hydrogen-bond acceptors (Lipinski definition) is 2. The largest absolute Gasteiger partial charge is 0.508 e. The van der Waals surface area contributed by atoms with Crippen LogP contribution in [0.1, 0.15) is 17.5 Å². The van der Waals surface area contributed by atoms with Crippen molar-refractivity contribution < 1.29 is 23.1 Å². The Morgan fingerprint density at radius 2 is 2.00 bits per heavy atom. The maximum Gasteiger partial charge on any atom is 0.416 e. The third-order valence-electron chi connectivity index (χ3n) is 1.94. The summed E-state index contributed by atoms with van der Waals surface area (Å²) in [5, 5.41) is 9.24. The van der Waals surface area contributed by atoms with Crippen molar-refractivity contribution in [2.45, 2.75) is 19.0 Å². The molecule has 0 bridgehead atoms. The van der Waals surface area contributed by atoms with E-state index >= 15 is 0 Å². The summed E-state index contributed by atoms with van der Waals surface area (Å²) in [4.78, 5) is 10.1. The van der Waals surface area contributed by atoms with Gasteiger partial charge in [-0.3, -0.25) is 0 Å². The molecular formula is C10H9F3O2. The molecule has 1 N–H and O–H groups in total. The molecule has 0 saturated heterocycles. The molecule has 15 heavy (non-hydrogen) atoms. The van der Waals surface area contributed by atoms with Gasteiger partial charge in [-0.15, -0.1) is 0 Å². The molecule has 0 amide bonds. The summed E-state index contributed by atoms with van der Waals surface area (Å²) >= 11 is 0. The van der Waals surface area contributed by atoms with Crippen LogP contribution in [0.3, 0.4) is 0 Å². The monoisotopic (exact) mass is 218 g/mol. The average Bonchev–Trinajstić information content (AvgIpc) is 2.15. The first-order valence-corrected chi connectivity index (χ1v) is 4.28. The number of hydrogen-bond donors (Lipinski definition) is 1. The van der Waals surface area contributed by atoms with Crippen LogP contribution in [0.25, 0.3) is 0 Å². The number of benzene rings is 1. The second kappa shape index (κ2) is 4.33. The number of aldehydes is 1. The summed E-state index contributed by atoms with van der Waals surface area (Å²) in [6.07, 6.45) is -3.63. The van der Waals surface area contributed by atoms with Gasteiger partial charge >= 0.3 is 6.18 Å². The molecule has 0 heterocycles. The Labute approximate surface area is 84.3 Å². The van der Waals surface area contributed by atoms with Gasteiger partial charge in [0.15, 0.2) is 0 Å². The lowest BCUT2D eigenvalue weighted by Gasteiger charge is -2.09. The number of phenols is 1. The highest BCUT2D eigenvalue weighted by Gasteiger charge is 2.30. The van der Waals surface area contributed by atoms with Crippen LogP contribution in [0.2, 0.25) is 0 Å². The zero-order valence-corrected chi connectivity index (χ0v) is 7.71. The highest BCUT2D eigenvalue weighted by molar-refractivity contribution is 5.51. The molecule has 2 nitrogen and oxygen atoms in total. The number of alkyl halides is 3. The maximum absolute atomic E-state index is 12.3. The third-order valence-corrected chi connectivity index (χ3v) is 1.94. The van der Waals surface area contributed by atoms with Crippen molar-refractivity contribution >= 4 is 6.29 Å². The molecule has 0 aliphatic carbocycles. The fourth-order valence-electron chi connectivity index (χ4n) is 1.18. The quantitative estimate of drug-likeness (QED) is 0.791. The molecule has 0 saturated carbocycles. The van der Waals surface area contributed by atoms with E-state index < -0.39 is 11.7 Å². The Bertz CT molecular complexity index is 358. The molecule has 0 fully saturated rings. The number of carbonyl (C=O) groups is 1. The van der Waals surface area contributed by atoms with Crippen molar-refractivity contribution in [1.29, 1.82) is 0 Å². The van der Waals surface area contributed by atoms with E-state index in [0.717, 1.165) is 18.2 Å². The summed E-state index contributed by atoms with van der Waals surface area (Å²) in [6, 6.07) is 2.65. The number of aryl methyl sites for hydroxylation is 1. The first-order valence-electron chi connectivity index (χ1n) is 4.28. The van der Waals surface area contributed by atoms with Crippen LogP contribution in [-0.4, -0.2) is 11.4 Å². The van der Waals surface area contributed by atoms with E-state index in [1.54, 1.807) is 0 Å². The lowest BCUT2D eigenvalue weighted by molar-refractivity contribution is -0.137. The van der Waals surface area contributed by atoms with Gasteiger partial charge in [0.05, 0.1) is 5.56 Å². The van der Waals surface area contributed by atoms with Crippen LogP contribution < -0.4 is 0 Å². The van der Waals surface area contributed by atoms with Crippen LogP contribution in [-0.2, 0) is 17.4 Å². The minimum absolute atomic E-state index is 0.0921. The normalized spacial score (nSPS) is 11.4. The maximum atomic E-state index is 12.3. The molecule has 82 valence electrons. The van der Waals surface area contributed by atoms with E-state index in [2.05, 4.69) is 0 Å². The summed E-state index contributed by atoms with van der Waals surface area (Å²) in [5.74, 6) is -0.218. The van der Waals surface area contributed by atoms with E-state index in [-0.39, 0.29) is 24.2 Å². The Morgan fingerprint density at radius 3 is 2.53 bits per heavy atom. The zero-order valence-electron chi connectivity index (χ0n) is 7.71. The summed E-state index contributed by atoms with van der Waals surface area (Å²) in [6.45, 7) is 0. The Balaban J connectivity index is 3.00. The van der Waals surface area contributed by atoms with Crippen LogP contribution in [0.4, 0.5) is 13.2 Å². The van der Waals surface area contributed by atoms with E-state index in [9.17, 15) is 23.1 Å². The van der Waals surface area contributed by atoms with Crippen molar-refractivity contribution in [2.24, 2.45) is 0 Å². The van der Waals surface area contributed by atoms with Crippen LogP contribution in [0, 0.1) is 0 Å². The number of halogens is 3. The predicted molar refractivity (Wildman–Crippen MR) is 47.5 cm³/mol. The van der Waals surface area contributed by atoms with Gasteiger partial charge in [0.25, 0.3) is 0 Å². The van der Waals surface area contributed by atoms with Gasteiger partial charge in [-0.25, -0.2) is 0 Å². The summed E-state index contributed by atoms with van der Waals surface area (Å²) < 4.78 is 36.8. The van der Waals surface area contributed by atoms with E-state index in [1.807, 2.05) is 0 Å². The van der Waals surface area contributed by atoms with Crippen LogP contribution in [0.15, 0.2) is 18.2 Å². The highest BCUT2D eigenvalue weighted by atomic mass is 19.4. The molecular weight excluding hydrogens is 209 g/mol. The van der Waals surface area contributed by atoms with Gasteiger partial charge in [-0.05, 0) is 30.2 Å². The zero-order chi connectivity index (χ0) is 11.5. The average molecular weight is 218 g/mol. The standard InChI is InChI=1S/C10H9F3O2/c11-10(12,13)8-3-4-9(15)7(6-8)2-1-5-14/h3-6,15H,1-2H2. The Morgan fingerprint density at radius 1 is 1.33 bits per heavy atom. The van der Waals surface area contributed by atoms with Crippen molar-refractivity contribution in [2.75, 3.05) is 0 Å². The molecule has 5 heteroatoms. The third kappa shape index (κ3) is 2.97. The molecule has 0 atom stereocenters. The molecule has 1 aromatic carbocycles. The van der Waals surface area contributed by atoms with Crippen LogP contribution in [0.5, 0.6) is 5.75 Å². The van der Waals surface area contributed by atoms with Gasteiger partial charge in [-0.2, -0.15) is 13.2 Å². The smallest absolute Gasteiger partial charge is 0.416 e. The minimum atomic E-state index is -4.43. The van der Waals surface area contributed by atoms with Gasteiger partial charge in [0, 0.05) is 6.42 Å². The Hall–Kier alpha value is -1.52. The van der Waals surface area contributed by atoms with Crippen molar-refractivity contribution in [3.63, 3.8) is 0 Å². The van der Waals surface area contributed by atoms with Gasteiger partial charge in [0.2, 0.25) is 0 Å².